The van der Waals surface area contributed by atoms with Gasteiger partial charge in [-0.2, -0.15) is 0 Å². The van der Waals surface area contributed by atoms with Crippen LogP contribution in [0.5, 0.6) is 0 Å². The number of carbonyl (C=O) groups is 1. The molecule has 1 amide bonds. The van der Waals surface area contributed by atoms with Gasteiger partial charge in [0.25, 0.3) is 0 Å². The van der Waals surface area contributed by atoms with E-state index in [4.69, 9.17) is 10.9 Å². The third-order valence-electron chi connectivity index (χ3n) is 1.96. The number of rotatable bonds is 6. The van der Waals surface area contributed by atoms with E-state index in [9.17, 15) is 4.79 Å². The zero-order valence-corrected chi connectivity index (χ0v) is 8.86. The van der Waals surface area contributed by atoms with Gasteiger partial charge in [-0.05, 0) is 13.3 Å². The zero-order chi connectivity index (χ0) is 11.0. The summed E-state index contributed by atoms with van der Waals surface area (Å²) in [5.74, 6) is 0.123. The first-order valence-corrected chi connectivity index (χ1v) is 4.89. The smallest absolute Gasteiger partial charge is 0.222 e. The Morgan fingerprint density at radius 2 is 2.14 bits per heavy atom. The highest BCUT2D eigenvalue weighted by molar-refractivity contribution is 5.86. The van der Waals surface area contributed by atoms with Crippen LogP contribution in [0.25, 0.3) is 0 Å². The summed E-state index contributed by atoms with van der Waals surface area (Å²) in [7, 11) is 0. The number of nitrogens with two attached hydrogens (primary N) is 1. The van der Waals surface area contributed by atoms with E-state index in [0.29, 0.717) is 13.0 Å². The number of hydrogen-bond acceptors (Lipinski definition) is 3. The molecule has 0 unspecified atom stereocenters. The van der Waals surface area contributed by atoms with Crippen molar-refractivity contribution in [3.05, 3.63) is 0 Å². The Hall–Kier alpha value is -1.26. The first-order chi connectivity index (χ1) is 6.65. The van der Waals surface area contributed by atoms with Crippen LogP contribution in [0.3, 0.4) is 0 Å². The molecule has 14 heavy (non-hydrogen) atoms. The fourth-order valence-corrected chi connectivity index (χ4v) is 1.09. The SMILES string of the molecule is CCCCC(=O)N(CC)CC(N)=NO. The van der Waals surface area contributed by atoms with Crippen LogP contribution in [0.15, 0.2) is 5.16 Å². The monoisotopic (exact) mass is 201 g/mol. The molecule has 0 aromatic rings. The lowest BCUT2D eigenvalue weighted by Gasteiger charge is -2.19. The summed E-state index contributed by atoms with van der Waals surface area (Å²) >= 11 is 0. The lowest BCUT2D eigenvalue weighted by molar-refractivity contribution is -0.130. The van der Waals surface area contributed by atoms with Crippen LogP contribution in [0.2, 0.25) is 0 Å². The second kappa shape index (κ2) is 7.17. The van der Waals surface area contributed by atoms with Gasteiger partial charge in [-0.15, -0.1) is 0 Å². The van der Waals surface area contributed by atoms with Gasteiger partial charge in [-0.25, -0.2) is 0 Å². The normalized spacial score (nSPS) is 11.4. The molecule has 0 bridgehead atoms. The average Bonchev–Trinajstić information content (AvgIpc) is 2.21. The van der Waals surface area contributed by atoms with Crippen molar-refractivity contribution in [1.82, 2.24) is 4.90 Å². The van der Waals surface area contributed by atoms with E-state index in [-0.39, 0.29) is 18.3 Å². The summed E-state index contributed by atoms with van der Waals surface area (Å²) in [6, 6.07) is 0. The molecule has 0 aromatic heterocycles. The third-order valence-corrected chi connectivity index (χ3v) is 1.96. The third kappa shape index (κ3) is 4.69. The number of hydrogen-bond donors (Lipinski definition) is 2. The Bertz CT molecular complexity index is 204. The van der Waals surface area contributed by atoms with E-state index in [1.54, 1.807) is 4.90 Å². The number of amides is 1. The minimum absolute atomic E-state index is 0.0564. The van der Waals surface area contributed by atoms with Crippen molar-refractivity contribution in [3.63, 3.8) is 0 Å². The fourth-order valence-electron chi connectivity index (χ4n) is 1.09. The molecule has 5 heteroatoms. The molecule has 0 saturated heterocycles. The largest absolute Gasteiger partial charge is 0.409 e. The molecule has 0 aliphatic carbocycles. The number of carbonyl (C=O) groups excluding carboxylic acids is 1. The maximum absolute atomic E-state index is 11.5. The Morgan fingerprint density at radius 3 is 2.57 bits per heavy atom. The first-order valence-electron chi connectivity index (χ1n) is 4.89. The van der Waals surface area contributed by atoms with Crippen molar-refractivity contribution in [2.24, 2.45) is 10.9 Å². The van der Waals surface area contributed by atoms with Crippen LogP contribution < -0.4 is 5.73 Å². The van der Waals surface area contributed by atoms with Gasteiger partial charge in [0.2, 0.25) is 5.91 Å². The van der Waals surface area contributed by atoms with Crippen LogP contribution >= 0.6 is 0 Å². The van der Waals surface area contributed by atoms with E-state index in [1.807, 2.05) is 13.8 Å². The Kier molecular flexibility index (Phi) is 6.53. The molecule has 0 radical (unpaired) electrons. The van der Waals surface area contributed by atoms with Crippen molar-refractivity contribution in [3.8, 4) is 0 Å². The van der Waals surface area contributed by atoms with E-state index >= 15 is 0 Å². The maximum Gasteiger partial charge on any atom is 0.222 e. The van der Waals surface area contributed by atoms with Crippen LogP contribution in [-0.2, 0) is 4.79 Å². The Balaban J connectivity index is 4.05. The minimum atomic E-state index is 0.0564. The topological polar surface area (TPSA) is 78.9 Å². The predicted molar refractivity (Wildman–Crippen MR) is 55.2 cm³/mol. The van der Waals surface area contributed by atoms with Crippen LogP contribution in [0.1, 0.15) is 33.1 Å². The summed E-state index contributed by atoms with van der Waals surface area (Å²) in [6.45, 7) is 4.69. The van der Waals surface area contributed by atoms with Crippen molar-refractivity contribution in [2.45, 2.75) is 33.1 Å². The first kappa shape index (κ1) is 12.7. The second-order valence-electron chi connectivity index (χ2n) is 3.10. The van der Waals surface area contributed by atoms with Crippen LogP contribution in [-0.4, -0.2) is 34.9 Å². The molecule has 3 N–H and O–H groups in total. The number of likely N-dealkylation sites (N-methyl/N-ethyl adjacent to an activating group) is 1. The van der Waals surface area contributed by atoms with Gasteiger partial charge in [0.05, 0.1) is 6.54 Å². The van der Waals surface area contributed by atoms with Crippen molar-refractivity contribution >= 4 is 11.7 Å². The number of unbranched alkanes of at least 4 members (excludes halogenated alkanes) is 1. The average molecular weight is 201 g/mol. The Labute approximate surface area is 84.6 Å². The number of nitrogens with zero attached hydrogens (tertiary/aromatic N) is 2. The van der Waals surface area contributed by atoms with Gasteiger partial charge in [0, 0.05) is 13.0 Å². The predicted octanol–water partition coefficient (Wildman–Crippen LogP) is 0.772. The molecule has 5 nitrogen and oxygen atoms in total. The van der Waals surface area contributed by atoms with Crippen LogP contribution in [0, 0.1) is 0 Å². The summed E-state index contributed by atoms with van der Waals surface area (Å²) < 4.78 is 0. The van der Waals surface area contributed by atoms with E-state index in [1.165, 1.54) is 0 Å². The standard InChI is InChI=1S/C9H19N3O2/c1-3-5-6-9(13)12(4-2)7-8(10)11-14/h14H,3-7H2,1-2H3,(H2,10,11). The van der Waals surface area contributed by atoms with E-state index in [0.717, 1.165) is 12.8 Å². The fraction of sp³-hybridized carbons (Fsp3) is 0.778. The molecule has 0 saturated carbocycles. The van der Waals surface area contributed by atoms with Crippen molar-refractivity contribution in [1.29, 1.82) is 0 Å². The molecule has 82 valence electrons. The summed E-state index contributed by atoms with van der Waals surface area (Å²) in [5.41, 5.74) is 5.32. The highest BCUT2D eigenvalue weighted by Gasteiger charge is 2.11. The molecule has 0 heterocycles. The summed E-state index contributed by atoms with van der Waals surface area (Å²) in [5, 5.41) is 11.2. The molecule has 0 atom stereocenters. The number of amidine groups is 1. The molecule has 0 aliphatic rings. The van der Waals surface area contributed by atoms with Gasteiger partial charge >= 0.3 is 0 Å². The van der Waals surface area contributed by atoms with E-state index < -0.39 is 0 Å². The van der Waals surface area contributed by atoms with Gasteiger partial charge in [0.1, 0.15) is 0 Å². The lowest BCUT2D eigenvalue weighted by Crippen LogP contribution is -2.38. The molecular formula is C9H19N3O2. The van der Waals surface area contributed by atoms with Gasteiger partial charge in [-0.1, -0.05) is 18.5 Å². The zero-order valence-electron chi connectivity index (χ0n) is 8.86. The van der Waals surface area contributed by atoms with Gasteiger partial charge < -0.3 is 15.8 Å². The van der Waals surface area contributed by atoms with Crippen molar-refractivity contribution in [2.75, 3.05) is 13.1 Å². The second-order valence-corrected chi connectivity index (χ2v) is 3.10. The summed E-state index contributed by atoms with van der Waals surface area (Å²) in [6.07, 6.45) is 2.40. The summed E-state index contributed by atoms with van der Waals surface area (Å²) in [4.78, 5) is 13.1. The molecule has 0 rings (SSSR count). The molecule has 0 aliphatic heterocycles. The molecular weight excluding hydrogens is 182 g/mol. The van der Waals surface area contributed by atoms with Crippen molar-refractivity contribution < 1.29 is 10.0 Å². The number of oxime groups is 1. The quantitative estimate of drug-likeness (QED) is 0.288. The molecule has 0 fully saturated rings. The molecule has 0 aromatic carbocycles. The highest BCUT2D eigenvalue weighted by Crippen LogP contribution is 2.00. The highest BCUT2D eigenvalue weighted by atomic mass is 16.4. The van der Waals surface area contributed by atoms with E-state index in [2.05, 4.69) is 5.16 Å². The van der Waals surface area contributed by atoms with Gasteiger partial charge in [-0.3, -0.25) is 4.79 Å². The molecule has 0 spiro atoms. The van der Waals surface area contributed by atoms with Gasteiger partial charge in [0.15, 0.2) is 5.84 Å². The maximum atomic E-state index is 11.5. The lowest BCUT2D eigenvalue weighted by atomic mass is 10.2. The van der Waals surface area contributed by atoms with Crippen LogP contribution in [0.4, 0.5) is 0 Å². The Morgan fingerprint density at radius 1 is 1.50 bits per heavy atom. The minimum Gasteiger partial charge on any atom is -0.409 e.